The molecule has 0 aliphatic heterocycles. The van der Waals surface area contributed by atoms with Gasteiger partial charge in [0.25, 0.3) is 0 Å². The molecule has 2 heterocycles. The minimum absolute atomic E-state index is 0.00257. The van der Waals surface area contributed by atoms with Crippen LogP contribution in [-0.4, -0.2) is 19.6 Å². The van der Waals surface area contributed by atoms with Crippen molar-refractivity contribution in [3.8, 4) is 22.3 Å². The van der Waals surface area contributed by atoms with E-state index in [0.717, 1.165) is 28.7 Å². The first kappa shape index (κ1) is 23.0. The predicted octanol–water partition coefficient (Wildman–Crippen LogP) is 6.44. The first-order chi connectivity index (χ1) is 15.4. The Morgan fingerprint density at radius 2 is 1.36 bits per heavy atom. The van der Waals surface area contributed by atoms with Gasteiger partial charge in [-0.25, -0.2) is 4.39 Å². The topological polar surface area (TPSA) is 35.6 Å². The summed E-state index contributed by atoms with van der Waals surface area (Å²) in [5.74, 6) is -0.174. The van der Waals surface area contributed by atoms with Crippen molar-refractivity contribution in [2.75, 3.05) is 0 Å². The van der Waals surface area contributed by atoms with E-state index in [0.29, 0.717) is 5.56 Å². The fourth-order valence-electron chi connectivity index (χ4n) is 4.36. The molecule has 0 atom stereocenters. The highest BCUT2D eigenvalue weighted by Gasteiger charge is 2.27. The second-order valence-corrected chi connectivity index (χ2v) is 10.7. The van der Waals surface area contributed by atoms with Gasteiger partial charge >= 0.3 is 0 Å². The maximum absolute atomic E-state index is 15.1. The number of halogens is 1. The summed E-state index contributed by atoms with van der Waals surface area (Å²) in [6, 6.07) is 12.1. The number of hydrogen-bond donors (Lipinski definition) is 0. The Bertz CT molecular complexity index is 1290. The smallest absolute Gasteiger partial charge is 0.126 e. The van der Waals surface area contributed by atoms with Crippen LogP contribution in [0.1, 0.15) is 51.3 Å². The van der Waals surface area contributed by atoms with Crippen LogP contribution in [0.3, 0.4) is 0 Å². The molecule has 0 amide bonds. The molecule has 0 N–H and O–H groups in total. The Morgan fingerprint density at radius 1 is 0.758 bits per heavy atom. The van der Waals surface area contributed by atoms with E-state index in [1.165, 1.54) is 11.1 Å². The highest BCUT2D eigenvalue weighted by atomic mass is 19.1. The van der Waals surface area contributed by atoms with Crippen molar-refractivity contribution in [2.45, 2.75) is 51.9 Å². The van der Waals surface area contributed by atoms with Crippen molar-refractivity contribution in [3.05, 3.63) is 83.7 Å². The minimum Gasteiger partial charge on any atom is -0.275 e. The summed E-state index contributed by atoms with van der Waals surface area (Å²) < 4.78 is 18.7. The highest BCUT2D eigenvalue weighted by molar-refractivity contribution is 5.65. The number of benzene rings is 2. The molecule has 0 bridgehead atoms. The van der Waals surface area contributed by atoms with Crippen LogP contribution in [0.2, 0.25) is 0 Å². The Labute approximate surface area is 196 Å². The van der Waals surface area contributed by atoms with Gasteiger partial charge in [0.2, 0.25) is 0 Å². The molecule has 0 unspecified atom stereocenters. The van der Waals surface area contributed by atoms with E-state index in [4.69, 9.17) is 0 Å². The molecule has 0 aliphatic carbocycles. The van der Waals surface area contributed by atoms with Crippen LogP contribution in [0.15, 0.2) is 61.2 Å². The quantitative estimate of drug-likeness (QED) is 0.355. The molecule has 5 heteroatoms. The molecule has 0 spiro atoms. The predicted molar refractivity (Wildman–Crippen MR) is 133 cm³/mol. The van der Waals surface area contributed by atoms with E-state index in [1.54, 1.807) is 10.7 Å². The van der Waals surface area contributed by atoms with Crippen LogP contribution in [0.4, 0.5) is 4.39 Å². The average Bonchev–Trinajstić information content (AvgIpc) is 3.35. The van der Waals surface area contributed by atoms with Crippen LogP contribution in [-0.2, 0) is 31.3 Å². The second-order valence-electron chi connectivity index (χ2n) is 10.7. The molecular formula is C28H33FN4. The molecule has 0 radical (unpaired) electrons. The lowest BCUT2D eigenvalue weighted by atomic mass is 9.76. The van der Waals surface area contributed by atoms with Crippen molar-refractivity contribution < 1.29 is 4.39 Å². The Hall–Kier alpha value is -3.21. The first-order valence-electron chi connectivity index (χ1n) is 11.3. The summed E-state index contributed by atoms with van der Waals surface area (Å²) in [7, 11) is 3.82. The van der Waals surface area contributed by atoms with Crippen molar-refractivity contribution in [1.82, 2.24) is 19.6 Å². The second kappa shape index (κ2) is 8.29. The monoisotopic (exact) mass is 444 g/mol. The van der Waals surface area contributed by atoms with E-state index < -0.39 is 5.41 Å². The zero-order chi connectivity index (χ0) is 24.0. The van der Waals surface area contributed by atoms with Crippen molar-refractivity contribution >= 4 is 0 Å². The van der Waals surface area contributed by atoms with Crippen LogP contribution in [0.5, 0.6) is 0 Å². The summed E-state index contributed by atoms with van der Waals surface area (Å²) >= 11 is 0. The third-order valence-corrected chi connectivity index (χ3v) is 6.28. The minimum atomic E-state index is -0.398. The van der Waals surface area contributed by atoms with E-state index >= 15 is 4.39 Å². The summed E-state index contributed by atoms with van der Waals surface area (Å²) in [5.41, 5.74) is 6.98. The lowest BCUT2D eigenvalue weighted by molar-refractivity contribution is 0.480. The maximum atomic E-state index is 15.1. The number of rotatable bonds is 5. The summed E-state index contributed by atoms with van der Waals surface area (Å²) in [5, 5.41) is 8.61. The number of aromatic nitrogens is 4. The van der Waals surface area contributed by atoms with E-state index in [-0.39, 0.29) is 11.2 Å². The lowest BCUT2D eigenvalue weighted by Crippen LogP contribution is -2.23. The SMILES string of the molecule is Cn1cc(-c2cc(CC(C)(C)c3cc(-c4cnn(C)c4)ccc3F)cc(C(C)(C)C)c2)cn1. The van der Waals surface area contributed by atoms with Crippen LogP contribution >= 0.6 is 0 Å². The van der Waals surface area contributed by atoms with Gasteiger partial charge in [-0.1, -0.05) is 58.9 Å². The van der Waals surface area contributed by atoms with Gasteiger partial charge in [-0.05, 0) is 57.2 Å². The third-order valence-electron chi connectivity index (χ3n) is 6.28. The van der Waals surface area contributed by atoms with E-state index in [1.807, 2.05) is 55.7 Å². The molecule has 0 fully saturated rings. The zero-order valence-electron chi connectivity index (χ0n) is 20.6. The van der Waals surface area contributed by atoms with E-state index in [2.05, 4.69) is 63.0 Å². The molecule has 172 valence electrons. The molecule has 2 aromatic heterocycles. The fraction of sp³-hybridized carbons (Fsp3) is 0.357. The zero-order valence-corrected chi connectivity index (χ0v) is 20.6. The molecule has 2 aromatic carbocycles. The summed E-state index contributed by atoms with van der Waals surface area (Å²) in [6.45, 7) is 10.9. The molecule has 0 saturated carbocycles. The summed E-state index contributed by atoms with van der Waals surface area (Å²) in [6.07, 6.45) is 8.42. The molecule has 0 saturated heterocycles. The van der Waals surface area contributed by atoms with Gasteiger partial charge in [-0.3, -0.25) is 9.36 Å². The standard InChI is InChI=1S/C28H33FN4/c1-27(2,3)24-11-19(10-21(12-24)23-16-31-33(7)18-23)14-28(4,5)25-13-20(8-9-26(25)29)22-15-30-32(6)17-22/h8-13,15-18H,14H2,1-7H3. The maximum Gasteiger partial charge on any atom is 0.126 e. The number of nitrogens with zero attached hydrogens (tertiary/aromatic N) is 4. The Kier molecular flexibility index (Phi) is 5.77. The van der Waals surface area contributed by atoms with Gasteiger partial charge in [0.15, 0.2) is 0 Å². The van der Waals surface area contributed by atoms with Crippen LogP contribution < -0.4 is 0 Å². The molecule has 4 aromatic rings. The van der Waals surface area contributed by atoms with Gasteiger partial charge in [0.05, 0.1) is 12.4 Å². The molecule has 4 rings (SSSR count). The van der Waals surface area contributed by atoms with Crippen molar-refractivity contribution in [2.24, 2.45) is 14.1 Å². The highest BCUT2D eigenvalue weighted by Crippen LogP contribution is 2.36. The Balaban J connectivity index is 1.75. The lowest BCUT2D eigenvalue weighted by Gasteiger charge is -2.28. The molecule has 4 nitrogen and oxygen atoms in total. The normalized spacial score (nSPS) is 12.4. The molecule has 33 heavy (non-hydrogen) atoms. The Morgan fingerprint density at radius 3 is 1.91 bits per heavy atom. The third kappa shape index (κ3) is 4.92. The van der Waals surface area contributed by atoms with E-state index in [9.17, 15) is 0 Å². The molecular weight excluding hydrogens is 411 g/mol. The van der Waals surface area contributed by atoms with Crippen molar-refractivity contribution in [1.29, 1.82) is 0 Å². The van der Waals surface area contributed by atoms with Crippen LogP contribution in [0, 0.1) is 5.82 Å². The average molecular weight is 445 g/mol. The van der Waals surface area contributed by atoms with Gasteiger partial charge in [-0.15, -0.1) is 0 Å². The fourth-order valence-corrected chi connectivity index (χ4v) is 4.36. The van der Waals surface area contributed by atoms with Gasteiger partial charge in [0, 0.05) is 37.6 Å². The van der Waals surface area contributed by atoms with Gasteiger partial charge in [0.1, 0.15) is 5.82 Å². The largest absolute Gasteiger partial charge is 0.275 e. The number of aryl methyl sites for hydroxylation is 2. The van der Waals surface area contributed by atoms with Gasteiger partial charge < -0.3 is 0 Å². The van der Waals surface area contributed by atoms with Crippen LogP contribution in [0.25, 0.3) is 22.3 Å². The van der Waals surface area contributed by atoms with Crippen molar-refractivity contribution in [3.63, 3.8) is 0 Å². The molecule has 0 aliphatic rings. The van der Waals surface area contributed by atoms with Gasteiger partial charge in [-0.2, -0.15) is 10.2 Å². The first-order valence-corrected chi connectivity index (χ1v) is 11.3. The summed E-state index contributed by atoms with van der Waals surface area (Å²) in [4.78, 5) is 0. The number of hydrogen-bond acceptors (Lipinski definition) is 2.